The maximum absolute atomic E-state index is 5.48. The van der Waals surface area contributed by atoms with E-state index < -0.39 is 0 Å². The summed E-state index contributed by atoms with van der Waals surface area (Å²) in [6, 6.07) is 4.37. The molecule has 1 atom stereocenters. The minimum absolute atomic E-state index is 0.300. The van der Waals surface area contributed by atoms with Crippen LogP contribution in [0.2, 0.25) is 0 Å². The van der Waals surface area contributed by atoms with Crippen molar-refractivity contribution in [2.24, 2.45) is 0 Å². The molecule has 0 spiro atoms. The Morgan fingerprint density at radius 3 is 2.41 bits per heavy atom. The van der Waals surface area contributed by atoms with Crippen molar-refractivity contribution in [1.82, 2.24) is 10.2 Å². The van der Waals surface area contributed by atoms with Crippen molar-refractivity contribution < 1.29 is 9.47 Å². The standard InChI is InChI=1S/C17H25BrN2O2/c1-12(2)9-15(20-7-5-19-6-8-20)13-10-16(21-3)17(22-4)11-14(13)18/h10-11,15,19H,1,5-9H2,2-4H3/t15-/m0/s1. The van der Waals surface area contributed by atoms with Crippen molar-refractivity contribution in [3.8, 4) is 11.5 Å². The molecule has 122 valence electrons. The summed E-state index contributed by atoms with van der Waals surface area (Å²) in [4.78, 5) is 2.51. The fourth-order valence-corrected chi connectivity index (χ4v) is 3.47. The summed E-state index contributed by atoms with van der Waals surface area (Å²) in [5.74, 6) is 1.51. The summed E-state index contributed by atoms with van der Waals surface area (Å²) < 4.78 is 11.9. The molecule has 0 aliphatic carbocycles. The van der Waals surface area contributed by atoms with Crippen LogP contribution in [-0.4, -0.2) is 45.3 Å². The van der Waals surface area contributed by atoms with E-state index in [4.69, 9.17) is 9.47 Å². The first kappa shape index (κ1) is 17.3. The molecule has 1 aromatic carbocycles. The van der Waals surface area contributed by atoms with Crippen molar-refractivity contribution in [2.75, 3.05) is 40.4 Å². The Hall–Kier alpha value is -1.04. The Morgan fingerprint density at radius 1 is 1.27 bits per heavy atom. The third kappa shape index (κ3) is 4.03. The van der Waals surface area contributed by atoms with Gasteiger partial charge >= 0.3 is 0 Å². The lowest BCUT2D eigenvalue weighted by molar-refractivity contribution is 0.171. The number of nitrogens with one attached hydrogen (secondary N) is 1. The van der Waals surface area contributed by atoms with Gasteiger partial charge in [0, 0.05) is 36.7 Å². The summed E-state index contributed by atoms with van der Waals surface area (Å²) >= 11 is 3.70. The molecule has 0 bridgehead atoms. The highest BCUT2D eigenvalue weighted by atomic mass is 79.9. The van der Waals surface area contributed by atoms with Crippen molar-refractivity contribution in [3.05, 3.63) is 34.3 Å². The number of ether oxygens (including phenoxy) is 2. The summed E-state index contributed by atoms with van der Waals surface area (Å²) in [6.45, 7) is 10.3. The average molecular weight is 369 g/mol. The molecule has 0 saturated carbocycles. The second-order valence-corrected chi connectivity index (χ2v) is 6.55. The van der Waals surface area contributed by atoms with E-state index in [1.807, 2.05) is 6.07 Å². The number of hydrogen-bond donors (Lipinski definition) is 1. The SMILES string of the molecule is C=C(C)C[C@@H](c1cc(OC)c(OC)cc1Br)N1CCNCC1. The van der Waals surface area contributed by atoms with E-state index in [2.05, 4.69) is 45.7 Å². The molecule has 0 amide bonds. The minimum atomic E-state index is 0.300. The summed E-state index contributed by atoms with van der Waals surface area (Å²) in [7, 11) is 3.33. The van der Waals surface area contributed by atoms with Crippen LogP contribution >= 0.6 is 15.9 Å². The lowest BCUT2D eigenvalue weighted by atomic mass is 9.97. The van der Waals surface area contributed by atoms with E-state index in [-0.39, 0.29) is 0 Å². The van der Waals surface area contributed by atoms with Gasteiger partial charge in [0.05, 0.1) is 14.2 Å². The number of halogens is 1. The first-order valence-electron chi connectivity index (χ1n) is 7.57. The smallest absolute Gasteiger partial charge is 0.161 e. The van der Waals surface area contributed by atoms with E-state index in [0.29, 0.717) is 6.04 Å². The summed E-state index contributed by atoms with van der Waals surface area (Å²) in [5, 5.41) is 3.41. The molecule has 1 aromatic rings. The van der Waals surface area contributed by atoms with E-state index >= 15 is 0 Å². The maximum atomic E-state index is 5.48. The Kier molecular flexibility index (Phi) is 6.29. The van der Waals surface area contributed by atoms with Crippen molar-refractivity contribution in [3.63, 3.8) is 0 Å². The van der Waals surface area contributed by atoms with Crippen LogP contribution in [0.25, 0.3) is 0 Å². The van der Waals surface area contributed by atoms with Gasteiger partial charge < -0.3 is 14.8 Å². The molecule has 1 fully saturated rings. The fraction of sp³-hybridized carbons (Fsp3) is 0.529. The molecule has 2 rings (SSSR count). The van der Waals surface area contributed by atoms with Gasteiger partial charge in [-0.3, -0.25) is 4.90 Å². The zero-order valence-corrected chi connectivity index (χ0v) is 15.2. The first-order chi connectivity index (χ1) is 10.6. The molecule has 1 saturated heterocycles. The molecule has 1 aliphatic heterocycles. The van der Waals surface area contributed by atoms with E-state index in [1.54, 1.807) is 14.2 Å². The lowest BCUT2D eigenvalue weighted by Gasteiger charge is -2.36. The molecule has 0 radical (unpaired) electrons. The van der Waals surface area contributed by atoms with Crippen molar-refractivity contribution in [2.45, 2.75) is 19.4 Å². The minimum Gasteiger partial charge on any atom is -0.493 e. The van der Waals surface area contributed by atoms with Gasteiger partial charge in [0.1, 0.15) is 0 Å². The Bertz CT molecular complexity index is 528. The van der Waals surface area contributed by atoms with Gasteiger partial charge in [-0.1, -0.05) is 21.5 Å². The highest BCUT2D eigenvalue weighted by Gasteiger charge is 2.25. The highest BCUT2D eigenvalue weighted by molar-refractivity contribution is 9.10. The maximum Gasteiger partial charge on any atom is 0.161 e. The molecule has 0 unspecified atom stereocenters. The van der Waals surface area contributed by atoms with Crippen LogP contribution in [0.1, 0.15) is 24.9 Å². The Labute approximate surface area is 141 Å². The molecular formula is C17H25BrN2O2. The molecule has 0 aromatic heterocycles. The van der Waals surface area contributed by atoms with E-state index in [0.717, 1.165) is 48.6 Å². The van der Waals surface area contributed by atoms with Gasteiger partial charge in [-0.15, -0.1) is 6.58 Å². The van der Waals surface area contributed by atoms with Crippen molar-refractivity contribution >= 4 is 15.9 Å². The fourth-order valence-electron chi connectivity index (χ4n) is 2.88. The van der Waals surface area contributed by atoms with Crippen LogP contribution in [0, 0.1) is 0 Å². The highest BCUT2D eigenvalue weighted by Crippen LogP contribution is 2.39. The van der Waals surface area contributed by atoms with E-state index in [9.17, 15) is 0 Å². The first-order valence-corrected chi connectivity index (χ1v) is 8.36. The number of hydrogen-bond acceptors (Lipinski definition) is 4. The average Bonchev–Trinajstić information content (AvgIpc) is 2.53. The normalized spacial score (nSPS) is 17.1. The quantitative estimate of drug-likeness (QED) is 0.780. The van der Waals surface area contributed by atoms with Crippen LogP contribution in [0.3, 0.4) is 0 Å². The second-order valence-electron chi connectivity index (χ2n) is 5.69. The Morgan fingerprint density at radius 2 is 1.86 bits per heavy atom. The third-order valence-electron chi connectivity index (χ3n) is 4.00. The largest absolute Gasteiger partial charge is 0.493 e. The summed E-state index contributed by atoms with van der Waals surface area (Å²) in [6.07, 6.45) is 0.939. The van der Waals surface area contributed by atoms with Crippen LogP contribution in [-0.2, 0) is 0 Å². The zero-order chi connectivity index (χ0) is 16.1. The topological polar surface area (TPSA) is 33.7 Å². The van der Waals surface area contributed by atoms with Gasteiger partial charge in [-0.05, 0) is 31.0 Å². The number of piperazine rings is 1. The van der Waals surface area contributed by atoms with Gasteiger partial charge in [0.25, 0.3) is 0 Å². The van der Waals surface area contributed by atoms with Crippen LogP contribution in [0.5, 0.6) is 11.5 Å². The van der Waals surface area contributed by atoms with Gasteiger partial charge in [-0.2, -0.15) is 0 Å². The molecule has 5 heteroatoms. The molecule has 22 heavy (non-hydrogen) atoms. The predicted molar refractivity (Wildman–Crippen MR) is 93.9 cm³/mol. The van der Waals surface area contributed by atoms with Gasteiger partial charge in [0.2, 0.25) is 0 Å². The molecule has 4 nitrogen and oxygen atoms in total. The zero-order valence-electron chi connectivity index (χ0n) is 13.6. The number of rotatable bonds is 6. The third-order valence-corrected chi connectivity index (χ3v) is 4.68. The molecule has 1 heterocycles. The monoisotopic (exact) mass is 368 g/mol. The molecular weight excluding hydrogens is 344 g/mol. The van der Waals surface area contributed by atoms with Crippen LogP contribution < -0.4 is 14.8 Å². The number of methoxy groups -OCH3 is 2. The van der Waals surface area contributed by atoms with Crippen molar-refractivity contribution in [1.29, 1.82) is 0 Å². The number of benzene rings is 1. The summed E-state index contributed by atoms with van der Waals surface area (Å²) in [5.41, 5.74) is 2.41. The van der Waals surface area contributed by atoms with Crippen LogP contribution in [0.15, 0.2) is 28.8 Å². The molecule has 1 N–H and O–H groups in total. The molecule has 1 aliphatic rings. The lowest BCUT2D eigenvalue weighted by Crippen LogP contribution is -2.45. The number of nitrogens with zero attached hydrogens (tertiary/aromatic N) is 1. The second kappa shape index (κ2) is 7.99. The Balaban J connectivity index is 2.39. The van der Waals surface area contributed by atoms with Gasteiger partial charge in [0.15, 0.2) is 11.5 Å². The van der Waals surface area contributed by atoms with Gasteiger partial charge in [-0.25, -0.2) is 0 Å². The van der Waals surface area contributed by atoms with E-state index in [1.165, 1.54) is 11.1 Å². The van der Waals surface area contributed by atoms with Crippen LogP contribution in [0.4, 0.5) is 0 Å². The predicted octanol–water partition coefficient (Wildman–Crippen LogP) is 3.38.